The van der Waals surface area contributed by atoms with Gasteiger partial charge in [-0.1, -0.05) is 34.6 Å². The van der Waals surface area contributed by atoms with Crippen LogP contribution in [0.2, 0.25) is 0 Å². The molecule has 102 valence electrons. The van der Waals surface area contributed by atoms with Gasteiger partial charge in [0.05, 0.1) is 10.7 Å². The molecule has 1 heterocycles. The molecule has 1 atom stereocenters. The van der Waals surface area contributed by atoms with Crippen molar-refractivity contribution in [1.82, 2.24) is 10.3 Å². The summed E-state index contributed by atoms with van der Waals surface area (Å²) in [6.45, 7) is 11.0. The molecule has 5 heteroatoms. The summed E-state index contributed by atoms with van der Waals surface area (Å²) in [6, 6.07) is -0.709. The first-order valence-electron chi connectivity index (χ1n) is 6.14. The molecule has 0 bridgehead atoms. The van der Waals surface area contributed by atoms with Gasteiger partial charge in [0.25, 0.3) is 0 Å². The van der Waals surface area contributed by atoms with E-state index in [-0.39, 0.29) is 5.41 Å². The molecule has 0 spiro atoms. The lowest BCUT2D eigenvalue weighted by molar-refractivity contribution is -0.139. The molecule has 0 aliphatic heterocycles. The van der Waals surface area contributed by atoms with Gasteiger partial charge in [0.15, 0.2) is 0 Å². The summed E-state index contributed by atoms with van der Waals surface area (Å²) in [5, 5.41) is 15.1. The van der Waals surface area contributed by atoms with Gasteiger partial charge < -0.3 is 5.11 Å². The Balaban J connectivity index is 2.87. The number of nitrogens with zero attached hydrogens (tertiary/aromatic N) is 1. The molecule has 0 amide bonds. The minimum atomic E-state index is -0.874. The third kappa shape index (κ3) is 4.07. The van der Waals surface area contributed by atoms with Crippen LogP contribution in [0.15, 0.2) is 5.38 Å². The number of nitrogens with one attached hydrogen (secondary N) is 1. The largest absolute Gasteiger partial charge is 0.480 e. The van der Waals surface area contributed by atoms with Crippen LogP contribution in [0.1, 0.15) is 51.4 Å². The first-order chi connectivity index (χ1) is 8.21. The average molecular weight is 270 g/mol. The molecule has 4 nitrogen and oxygen atoms in total. The number of thiazole rings is 1. The standard InChI is InChI=1S/C13H22N2O2S/c1-8(2)6-14-10(11(16)17)9-7-18-12(15-9)13(3,4)5/h7-8,10,14H,6H2,1-5H3,(H,16,17). The second kappa shape index (κ2) is 5.80. The van der Waals surface area contributed by atoms with Crippen molar-refractivity contribution in [2.45, 2.75) is 46.1 Å². The lowest BCUT2D eigenvalue weighted by Crippen LogP contribution is -2.31. The van der Waals surface area contributed by atoms with E-state index in [4.69, 9.17) is 0 Å². The van der Waals surface area contributed by atoms with Crippen molar-refractivity contribution in [3.8, 4) is 0 Å². The van der Waals surface area contributed by atoms with Crippen LogP contribution in [0, 0.1) is 5.92 Å². The van der Waals surface area contributed by atoms with Crippen LogP contribution in [0.4, 0.5) is 0 Å². The predicted molar refractivity (Wildman–Crippen MR) is 74.0 cm³/mol. The molecule has 0 saturated carbocycles. The summed E-state index contributed by atoms with van der Waals surface area (Å²) < 4.78 is 0. The minimum Gasteiger partial charge on any atom is -0.480 e. The number of hydrogen-bond donors (Lipinski definition) is 2. The normalized spacial score (nSPS) is 13.9. The SMILES string of the molecule is CC(C)CNC(C(=O)O)c1csc(C(C)(C)C)n1. The van der Waals surface area contributed by atoms with Crippen molar-refractivity contribution in [2.24, 2.45) is 5.92 Å². The summed E-state index contributed by atoms with van der Waals surface area (Å²) in [5.41, 5.74) is 0.572. The number of rotatable bonds is 5. The zero-order valence-electron chi connectivity index (χ0n) is 11.7. The average Bonchev–Trinajstić information content (AvgIpc) is 2.65. The van der Waals surface area contributed by atoms with E-state index >= 15 is 0 Å². The van der Waals surface area contributed by atoms with Gasteiger partial charge in [-0.15, -0.1) is 11.3 Å². The van der Waals surface area contributed by atoms with E-state index in [9.17, 15) is 9.90 Å². The number of aromatic nitrogens is 1. The smallest absolute Gasteiger partial charge is 0.327 e. The zero-order valence-corrected chi connectivity index (χ0v) is 12.5. The van der Waals surface area contributed by atoms with Crippen molar-refractivity contribution in [1.29, 1.82) is 0 Å². The Morgan fingerprint density at radius 3 is 2.50 bits per heavy atom. The van der Waals surface area contributed by atoms with Gasteiger partial charge in [0.2, 0.25) is 0 Å². The molecule has 1 aromatic heterocycles. The van der Waals surface area contributed by atoms with Crippen LogP contribution < -0.4 is 5.32 Å². The van der Waals surface area contributed by atoms with E-state index in [0.29, 0.717) is 18.2 Å². The highest BCUT2D eigenvalue weighted by Gasteiger charge is 2.25. The van der Waals surface area contributed by atoms with Crippen molar-refractivity contribution >= 4 is 17.3 Å². The molecule has 1 aromatic rings. The van der Waals surface area contributed by atoms with Gasteiger partial charge in [-0.3, -0.25) is 10.1 Å². The zero-order chi connectivity index (χ0) is 13.9. The molecule has 2 N–H and O–H groups in total. The van der Waals surface area contributed by atoms with Crippen LogP contribution >= 0.6 is 11.3 Å². The topological polar surface area (TPSA) is 62.2 Å². The van der Waals surface area contributed by atoms with Crippen molar-refractivity contribution < 1.29 is 9.90 Å². The Morgan fingerprint density at radius 2 is 2.11 bits per heavy atom. The lowest BCUT2D eigenvalue weighted by Gasteiger charge is -2.16. The summed E-state index contributed by atoms with van der Waals surface area (Å²) in [6.07, 6.45) is 0. The third-order valence-corrected chi connectivity index (χ3v) is 3.72. The maximum absolute atomic E-state index is 11.3. The number of hydrogen-bond acceptors (Lipinski definition) is 4. The minimum absolute atomic E-state index is 0.0377. The lowest BCUT2D eigenvalue weighted by atomic mass is 9.98. The number of carboxylic acids is 1. The highest BCUT2D eigenvalue weighted by atomic mass is 32.1. The van der Waals surface area contributed by atoms with E-state index in [0.717, 1.165) is 5.01 Å². The Hall–Kier alpha value is -0.940. The highest BCUT2D eigenvalue weighted by molar-refractivity contribution is 7.09. The third-order valence-electron chi connectivity index (χ3n) is 2.44. The number of aliphatic carboxylic acids is 1. The van der Waals surface area contributed by atoms with Gasteiger partial charge in [0, 0.05) is 10.8 Å². The maximum atomic E-state index is 11.3. The second-order valence-electron chi connectivity index (χ2n) is 5.90. The molecular weight excluding hydrogens is 248 g/mol. The number of carboxylic acid groups (broad SMARTS) is 1. The van der Waals surface area contributed by atoms with Gasteiger partial charge in [-0.25, -0.2) is 4.98 Å². The van der Waals surface area contributed by atoms with Crippen molar-refractivity contribution in [3.63, 3.8) is 0 Å². The van der Waals surface area contributed by atoms with Crippen LogP contribution in [0.25, 0.3) is 0 Å². The van der Waals surface area contributed by atoms with Crippen LogP contribution in [0.3, 0.4) is 0 Å². The van der Waals surface area contributed by atoms with E-state index in [1.54, 1.807) is 0 Å². The van der Waals surface area contributed by atoms with Gasteiger partial charge in [-0.05, 0) is 12.5 Å². The van der Waals surface area contributed by atoms with E-state index < -0.39 is 12.0 Å². The molecule has 0 aliphatic carbocycles. The monoisotopic (exact) mass is 270 g/mol. The van der Waals surface area contributed by atoms with E-state index in [2.05, 4.69) is 31.1 Å². The molecular formula is C13H22N2O2S. The second-order valence-corrected chi connectivity index (χ2v) is 6.76. The van der Waals surface area contributed by atoms with E-state index in [1.807, 2.05) is 19.2 Å². The summed E-state index contributed by atoms with van der Waals surface area (Å²) in [5.74, 6) is -0.464. The van der Waals surface area contributed by atoms with Crippen LogP contribution in [-0.4, -0.2) is 22.6 Å². The molecule has 0 aromatic carbocycles. The van der Waals surface area contributed by atoms with Gasteiger partial charge >= 0.3 is 5.97 Å². The highest BCUT2D eigenvalue weighted by Crippen LogP contribution is 2.27. The summed E-state index contributed by atoms with van der Waals surface area (Å²) in [4.78, 5) is 15.7. The van der Waals surface area contributed by atoms with Crippen molar-refractivity contribution in [3.05, 3.63) is 16.1 Å². The molecule has 1 rings (SSSR count). The molecule has 0 saturated heterocycles. The Labute approximate surface area is 112 Å². The summed E-state index contributed by atoms with van der Waals surface area (Å²) in [7, 11) is 0. The van der Waals surface area contributed by atoms with Crippen LogP contribution in [-0.2, 0) is 10.2 Å². The molecule has 0 radical (unpaired) electrons. The quantitative estimate of drug-likeness (QED) is 0.863. The molecule has 0 fully saturated rings. The summed E-state index contributed by atoms with van der Waals surface area (Å²) >= 11 is 1.52. The maximum Gasteiger partial charge on any atom is 0.327 e. The number of carbonyl (C=O) groups is 1. The fourth-order valence-corrected chi connectivity index (χ4v) is 2.37. The van der Waals surface area contributed by atoms with Crippen molar-refractivity contribution in [2.75, 3.05) is 6.54 Å². The first kappa shape index (κ1) is 15.1. The first-order valence-corrected chi connectivity index (χ1v) is 7.02. The molecule has 0 aliphatic rings. The fraction of sp³-hybridized carbons (Fsp3) is 0.692. The molecule has 18 heavy (non-hydrogen) atoms. The van der Waals surface area contributed by atoms with Gasteiger partial charge in [-0.2, -0.15) is 0 Å². The predicted octanol–water partition coefficient (Wildman–Crippen LogP) is 2.81. The Kier molecular flexibility index (Phi) is 4.87. The Bertz CT molecular complexity index is 407. The fourth-order valence-electron chi connectivity index (χ4n) is 1.44. The van der Waals surface area contributed by atoms with Crippen LogP contribution in [0.5, 0.6) is 0 Å². The molecule has 1 unspecified atom stereocenters. The van der Waals surface area contributed by atoms with E-state index in [1.165, 1.54) is 11.3 Å². The Morgan fingerprint density at radius 1 is 1.50 bits per heavy atom. The van der Waals surface area contributed by atoms with Gasteiger partial charge in [0.1, 0.15) is 6.04 Å².